The lowest BCUT2D eigenvalue weighted by Gasteiger charge is -2.34. The van der Waals surface area contributed by atoms with Crippen LogP contribution in [0.1, 0.15) is 38.5 Å². The molecule has 0 radical (unpaired) electrons. The molecule has 1 aliphatic heterocycles. The number of hydrogen-bond acceptors (Lipinski definition) is 5. The summed E-state index contributed by atoms with van der Waals surface area (Å²) < 4.78 is 0. The molecule has 4 N–H and O–H groups in total. The van der Waals surface area contributed by atoms with Gasteiger partial charge in [0.15, 0.2) is 0 Å². The molecular formula is C17H26Cl2N6O. The molecule has 9 heteroatoms. The van der Waals surface area contributed by atoms with Gasteiger partial charge < -0.3 is 20.9 Å². The monoisotopic (exact) mass is 400 g/mol. The third kappa shape index (κ3) is 4.99. The van der Waals surface area contributed by atoms with E-state index in [1.54, 1.807) is 12.5 Å². The van der Waals surface area contributed by atoms with Crippen molar-refractivity contribution in [2.75, 3.05) is 24.5 Å². The number of H-pyrrole nitrogens is 1. The SMILES string of the molecule is Cl.NCCCCCC(=O)N[C@@H]1CCCN(c2ncnc3[nH]cc(Cl)c23)C1. The average Bonchev–Trinajstić information content (AvgIpc) is 3.00. The summed E-state index contributed by atoms with van der Waals surface area (Å²) in [6.07, 6.45) is 8.71. The molecule has 1 aliphatic rings. The highest BCUT2D eigenvalue weighted by Gasteiger charge is 2.24. The first-order chi connectivity index (χ1) is 12.2. The van der Waals surface area contributed by atoms with E-state index in [9.17, 15) is 4.79 Å². The van der Waals surface area contributed by atoms with Gasteiger partial charge in [-0.05, 0) is 32.2 Å². The second-order valence-electron chi connectivity index (χ2n) is 6.51. The van der Waals surface area contributed by atoms with Crippen LogP contribution in [0.25, 0.3) is 11.0 Å². The summed E-state index contributed by atoms with van der Waals surface area (Å²) in [5, 5.41) is 4.62. The van der Waals surface area contributed by atoms with E-state index in [4.69, 9.17) is 17.3 Å². The number of nitrogens with zero attached hydrogens (tertiary/aromatic N) is 3. The molecular weight excluding hydrogens is 375 g/mol. The Morgan fingerprint density at radius 2 is 2.23 bits per heavy atom. The maximum absolute atomic E-state index is 12.1. The fourth-order valence-corrected chi connectivity index (χ4v) is 3.57. The Morgan fingerprint density at radius 3 is 3.04 bits per heavy atom. The van der Waals surface area contributed by atoms with Crippen molar-refractivity contribution in [2.45, 2.75) is 44.6 Å². The standard InChI is InChI=1S/C17H25ClN6O.ClH/c18-13-9-20-16-15(13)17(22-11-21-16)24-8-4-5-12(10-24)23-14(25)6-2-1-3-7-19;/h9,11-12H,1-8,10,19H2,(H,23,25)(H,20,21,22);1H/t12-;/m1./s1. The first-order valence-electron chi connectivity index (χ1n) is 8.91. The molecule has 2 aromatic rings. The molecule has 0 spiro atoms. The van der Waals surface area contributed by atoms with Crippen LogP contribution in [0.15, 0.2) is 12.5 Å². The summed E-state index contributed by atoms with van der Waals surface area (Å²) in [6.45, 7) is 2.33. The van der Waals surface area contributed by atoms with Crippen molar-refractivity contribution in [1.82, 2.24) is 20.3 Å². The molecule has 7 nitrogen and oxygen atoms in total. The Morgan fingerprint density at radius 1 is 1.38 bits per heavy atom. The van der Waals surface area contributed by atoms with Gasteiger partial charge in [-0.15, -0.1) is 12.4 Å². The van der Waals surface area contributed by atoms with Crippen LogP contribution in [0.3, 0.4) is 0 Å². The lowest BCUT2D eigenvalue weighted by Crippen LogP contribution is -2.48. The molecule has 144 valence electrons. The minimum absolute atomic E-state index is 0. The number of carbonyl (C=O) groups excluding carboxylic acids is 1. The van der Waals surface area contributed by atoms with Gasteiger partial charge in [-0.1, -0.05) is 18.0 Å². The largest absolute Gasteiger partial charge is 0.354 e. The third-order valence-corrected chi connectivity index (χ3v) is 4.89. The Bertz CT molecular complexity index is 722. The van der Waals surface area contributed by atoms with Crippen molar-refractivity contribution in [1.29, 1.82) is 0 Å². The summed E-state index contributed by atoms with van der Waals surface area (Å²) in [4.78, 5) is 26.0. The zero-order chi connectivity index (χ0) is 17.6. The summed E-state index contributed by atoms with van der Waals surface area (Å²) in [5.41, 5.74) is 6.22. The van der Waals surface area contributed by atoms with Crippen LogP contribution in [0.5, 0.6) is 0 Å². The minimum Gasteiger partial charge on any atom is -0.354 e. The van der Waals surface area contributed by atoms with Gasteiger partial charge in [0.05, 0.1) is 10.4 Å². The Balaban J connectivity index is 0.00000243. The van der Waals surface area contributed by atoms with E-state index in [2.05, 4.69) is 25.2 Å². The quantitative estimate of drug-likeness (QED) is 0.620. The van der Waals surface area contributed by atoms with Crippen molar-refractivity contribution >= 4 is 46.8 Å². The first kappa shape index (κ1) is 20.7. The van der Waals surface area contributed by atoms with Gasteiger partial charge in [0, 0.05) is 31.7 Å². The smallest absolute Gasteiger partial charge is 0.220 e. The number of fused-ring (bicyclic) bond motifs is 1. The molecule has 0 saturated carbocycles. The Kier molecular flexibility index (Phi) is 7.93. The second kappa shape index (κ2) is 9.94. The number of aromatic nitrogens is 3. The highest BCUT2D eigenvalue weighted by molar-refractivity contribution is 6.36. The maximum Gasteiger partial charge on any atom is 0.220 e. The van der Waals surface area contributed by atoms with Gasteiger partial charge >= 0.3 is 0 Å². The molecule has 1 amide bonds. The van der Waals surface area contributed by atoms with Crippen LogP contribution in [0.2, 0.25) is 5.02 Å². The summed E-state index contributed by atoms with van der Waals surface area (Å²) in [6, 6.07) is 0.137. The van der Waals surface area contributed by atoms with E-state index < -0.39 is 0 Å². The number of piperidine rings is 1. The third-order valence-electron chi connectivity index (χ3n) is 4.60. The Hall–Kier alpha value is -1.57. The van der Waals surface area contributed by atoms with Crippen LogP contribution < -0.4 is 16.0 Å². The van der Waals surface area contributed by atoms with Gasteiger partial charge in [0.25, 0.3) is 0 Å². The van der Waals surface area contributed by atoms with Crippen LogP contribution in [0, 0.1) is 0 Å². The van der Waals surface area contributed by atoms with Crippen molar-refractivity contribution in [3.05, 3.63) is 17.5 Å². The number of anilines is 1. The maximum atomic E-state index is 12.1. The molecule has 26 heavy (non-hydrogen) atoms. The van der Waals surface area contributed by atoms with Crippen molar-refractivity contribution in [3.8, 4) is 0 Å². The first-order valence-corrected chi connectivity index (χ1v) is 9.29. The lowest BCUT2D eigenvalue weighted by molar-refractivity contribution is -0.122. The molecule has 3 rings (SSSR count). The molecule has 0 bridgehead atoms. The van der Waals surface area contributed by atoms with E-state index in [0.717, 1.165) is 62.0 Å². The number of nitrogens with one attached hydrogen (secondary N) is 2. The Labute approximate surface area is 164 Å². The summed E-state index contributed by atoms with van der Waals surface area (Å²) in [7, 11) is 0. The number of nitrogens with two attached hydrogens (primary N) is 1. The molecule has 2 aromatic heterocycles. The molecule has 1 saturated heterocycles. The normalized spacial score (nSPS) is 17.2. The van der Waals surface area contributed by atoms with Crippen LogP contribution in [0.4, 0.5) is 5.82 Å². The van der Waals surface area contributed by atoms with Crippen LogP contribution in [-0.4, -0.2) is 46.5 Å². The topological polar surface area (TPSA) is 99.9 Å². The van der Waals surface area contributed by atoms with Crippen LogP contribution >= 0.6 is 24.0 Å². The molecule has 0 aromatic carbocycles. The lowest BCUT2D eigenvalue weighted by atomic mass is 10.0. The van der Waals surface area contributed by atoms with Gasteiger partial charge in [-0.25, -0.2) is 9.97 Å². The number of aromatic amines is 1. The van der Waals surface area contributed by atoms with E-state index >= 15 is 0 Å². The summed E-state index contributed by atoms with van der Waals surface area (Å²) >= 11 is 6.28. The van der Waals surface area contributed by atoms with Gasteiger partial charge in [-0.2, -0.15) is 0 Å². The number of carbonyl (C=O) groups is 1. The predicted octanol–water partition coefficient (Wildman–Crippen LogP) is 2.64. The highest BCUT2D eigenvalue weighted by Crippen LogP contribution is 2.31. The molecule has 1 fully saturated rings. The minimum atomic E-state index is 0. The number of amides is 1. The number of rotatable bonds is 7. The second-order valence-corrected chi connectivity index (χ2v) is 6.92. The van der Waals surface area contributed by atoms with Crippen molar-refractivity contribution in [2.24, 2.45) is 5.73 Å². The van der Waals surface area contributed by atoms with Crippen LogP contribution in [-0.2, 0) is 4.79 Å². The average molecular weight is 401 g/mol. The van der Waals surface area contributed by atoms with Gasteiger partial charge in [0.1, 0.15) is 17.8 Å². The number of unbranched alkanes of at least 4 members (excludes halogenated alkanes) is 2. The van der Waals surface area contributed by atoms with Gasteiger partial charge in [-0.3, -0.25) is 4.79 Å². The molecule has 0 unspecified atom stereocenters. The summed E-state index contributed by atoms with van der Waals surface area (Å²) in [5.74, 6) is 0.953. The molecule has 3 heterocycles. The molecule has 0 aliphatic carbocycles. The van der Waals surface area contributed by atoms with E-state index in [-0.39, 0.29) is 24.4 Å². The van der Waals surface area contributed by atoms with Gasteiger partial charge in [0.2, 0.25) is 5.91 Å². The highest BCUT2D eigenvalue weighted by atomic mass is 35.5. The van der Waals surface area contributed by atoms with Crippen molar-refractivity contribution < 1.29 is 4.79 Å². The zero-order valence-electron chi connectivity index (χ0n) is 14.7. The predicted molar refractivity (Wildman–Crippen MR) is 107 cm³/mol. The number of halogens is 2. The van der Waals surface area contributed by atoms with Crippen molar-refractivity contribution in [3.63, 3.8) is 0 Å². The van der Waals surface area contributed by atoms with E-state index in [0.29, 0.717) is 18.0 Å². The fraction of sp³-hybridized carbons (Fsp3) is 0.588. The number of hydrogen-bond donors (Lipinski definition) is 3. The fourth-order valence-electron chi connectivity index (χ4n) is 3.34. The zero-order valence-corrected chi connectivity index (χ0v) is 16.3. The van der Waals surface area contributed by atoms with E-state index in [1.165, 1.54) is 0 Å². The van der Waals surface area contributed by atoms with E-state index in [1.807, 2.05) is 0 Å². The molecule has 1 atom stereocenters.